The molecule has 0 bridgehead atoms. The molecule has 0 aliphatic carbocycles. The van der Waals surface area contributed by atoms with Crippen molar-refractivity contribution in [3.05, 3.63) is 36.5 Å². The summed E-state index contributed by atoms with van der Waals surface area (Å²) in [6, 6.07) is 0. The van der Waals surface area contributed by atoms with Gasteiger partial charge in [0.25, 0.3) is 0 Å². The van der Waals surface area contributed by atoms with Crippen molar-refractivity contribution in [3.63, 3.8) is 0 Å². The molecule has 0 amide bonds. The molecule has 0 aromatic heterocycles. The van der Waals surface area contributed by atoms with Crippen LogP contribution in [0.4, 0.5) is 0 Å². The summed E-state index contributed by atoms with van der Waals surface area (Å²) in [5.41, 5.74) is 0. The van der Waals surface area contributed by atoms with Crippen molar-refractivity contribution >= 4 is 19.8 Å². The van der Waals surface area contributed by atoms with E-state index >= 15 is 0 Å². The van der Waals surface area contributed by atoms with E-state index in [2.05, 4.69) is 54.8 Å². The maximum absolute atomic E-state index is 12.4. The number of carbonyl (C=O) groups excluding carboxylic acids is 2. The Kier molecular flexibility index (Phi) is 30.4. The largest absolute Gasteiger partial charge is 0.469 e. The van der Waals surface area contributed by atoms with E-state index in [1.807, 2.05) is 0 Å². The maximum atomic E-state index is 12.4. The van der Waals surface area contributed by atoms with Crippen LogP contribution in [0.25, 0.3) is 0 Å². The molecule has 1 heterocycles. The Hall–Kier alpha value is -1.77. The number of esters is 2. The van der Waals surface area contributed by atoms with Gasteiger partial charge in [0.2, 0.25) is 0 Å². The van der Waals surface area contributed by atoms with Crippen molar-refractivity contribution in [2.45, 2.75) is 199 Å². The van der Waals surface area contributed by atoms with E-state index < -0.39 is 32.5 Å². The van der Waals surface area contributed by atoms with Crippen molar-refractivity contribution < 1.29 is 42.7 Å². The molecule has 2 unspecified atom stereocenters. The number of carbonyl (C=O) groups is 2. The van der Waals surface area contributed by atoms with Crippen LogP contribution in [0, 0.1) is 0 Å². The van der Waals surface area contributed by atoms with Crippen LogP contribution < -0.4 is 0 Å². The molecule has 3 atom stereocenters. The number of rotatable bonds is 36. The molecule has 0 aromatic rings. The van der Waals surface area contributed by atoms with Gasteiger partial charge in [-0.15, -0.1) is 0 Å². The van der Waals surface area contributed by atoms with Crippen LogP contribution in [0.15, 0.2) is 36.5 Å². The molecular formula is C41H73O9P. The molecule has 0 spiro atoms. The average Bonchev–Trinajstić information content (AvgIpc) is 3.85. The number of unbranched alkanes of at least 4 members (excludes halogenated alkanes) is 17. The molecule has 1 aliphatic heterocycles. The quantitative estimate of drug-likeness (QED) is 0.0212. The summed E-state index contributed by atoms with van der Waals surface area (Å²) < 4.78 is 32.1. The standard InChI is InChI=1S/C41H73O9P/c1-3-5-7-8-9-10-11-12-13-14-15-16-17-18-23-26-30-34-41(43)49-37(36-48-51(44,45)46)35-47-40(42)33-29-25-22-20-19-21-24-28-32-39-38(50-39)31-27-6-4-2/h9-10,12-13,24,28,37-39H,3-8,11,14-23,25-27,29-36H2,1-2H3,(H2,44,45,46)/b10-9-,13-12-,28-24-/t37-,38?,39?/m1/s1. The van der Waals surface area contributed by atoms with E-state index in [4.69, 9.17) is 24.0 Å². The third kappa shape index (κ3) is 32.6. The van der Waals surface area contributed by atoms with E-state index in [-0.39, 0.29) is 19.4 Å². The second-order valence-corrected chi connectivity index (χ2v) is 15.2. The lowest BCUT2D eigenvalue weighted by molar-refractivity contribution is -0.161. The van der Waals surface area contributed by atoms with E-state index in [0.717, 1.165) is 70.6 Å². The van der Waals surface area contributed by atoms with Crippen LogP contribution in [0.1, 0.15) is 181 Å². The molecule has 1 fully saturated rings. The molecular weight excluding hydrogens is 667 g/mol. The fourth-order valence-corrected chi connectivity index (χ4v) is 6.24. The summed E-state index contributed by atoms with van der Waals surface area (Å²) in [4.78, 5) is 42.8. The topological polar surface area (TPSA) is 132 Å². The zero-order valence-corrected chi connectivity index (χ0v) is 33.1. The molecule has 1 aliphatic rings. The fraction of sp³-hybridized carbons (Fsp3) is 0.805. The Morgan fingerprint density at radius 2 is 1.14 bits per heavy atom. The molecule has 1 rings (SSSR count). The van der Waals surface area contributed by atoms with Crippen LogP contribution >= 0.6 is 7.82 Å². The van der Waals surface area contributed by atoms with Gasteiger partial charge in [0.05, 0.1) is 18.8 Å². The Morgan fingerprint density at radius 1 is 0.627 bits per heavy atom. The Balaban J connectivity index is 2.07. The molecule has 2 N–H and O–H groups in total. The Bertz CT molecular complexity index is 990. The summed E-state index contributed by atoms with van der Waals surface area (Å²) >= 11 is 0. The summed E-state index contributed by atoms with van der Waals surface area (Å²) in [7, 11) is -4.76. The van der Waals surface area contributed by atoms with Gasteiger partial charge in [-0.3, -0.25) is 14.1 Å². The highest BCUT2D eigenvalue weighted by Gasteiger charge is 2.36. The number of ether oxygens (including phenoxy) is 3. The highest BCUT2D eigenvalue weighted by molar-refractivity contribution is 7.46. The van der Waals surface area contributed by atoms with Gasteiger partial charge in [-0.25, -0.2) is 4.57 Å². The molecule has 1 saturated heterocycles. The molecule has 0 aromatic carbocycles. The van der Waals surface area contributed by atoms with E-state index in [9.17, 15) is 14.2 Å². The van der Waals surface area contributed by atoms with Crippen molar-refractivity contribution in [1.29, 1.82) is 0 Å². The number of hydrogen-bond donors (Lipinski definition) is 2. The zero-order valence-electron chi connectivity index (χ0n) is 32.2. The molecule has 9 nitrogen and oxygen atoms in total. The van der Waals surface area contributed by atoms with Gasteiger partial charge in [-0.05, 0) is 70.6 Å². The second kappa shape index (κ2) is 32.8. The average molecular weight is 741 g/mol. The summed E-state index contributed by atoms with van der Waals surface area (Å²) in [6.45, 7) is 3.61. The van der Waals surface area contributed by atoms with Gasteiger partial charge < -0.3 is 24.0 Å². The zero-order chi connectivity index (χ0) is 37.3. The first kappa shape index (κ1) is 47.3. The summed E-state index contributed by atoms with van der Waals surface area (Å²) in [5, 5.41) is 0. The summed E-state index contributed by atoms with van der Waals surface area (Å²) in [5.74, 6) is -0.915. The van der Waals surface area contributed by atoms with Crippen LogP contribution in [0.5, 0.6) is 0 Å². The lowest BCUT2D eigenvalue weighted by Crippen LogP contribution is -2.29. The first-order chi connectivity index (χ1) is 24.7. The number of epoxide rings is 1. The third-order valence-corrected chi connectivity index (χ3v) is 9.54. The third-order valence-electron chi connectivity index (χ3n) is 9.06. The minimum absolute atomic E-state index is 0.197. The van der Waals surface area contributed by atoms with Gasteiger partial charge >= 0.3 is 19.8 Å². The fourth-order valence-electron chi connectivity index (χ4n) is 5.88. The minimum Gasteiger partial charge on any atom is -0.462 e. The number of phosphoric ester groups is 1. The van der Waals surface area contributed by atoms with Crippen molar-refractivity contribution in [1.82, 2.24) is 0 Å². The molecule has 51 heavy (non-hydrogen) atoms. The van der Waals surface area contributed by atoms with Crippen LogP contribution in [0.2, 0.25) is 0 Å². The Morgan fingerprint density at radius 3 is 1.73 bits per heavy atom. The van der Waals surface area contributed by atoms with Crippen LogP contribution in [0.3, 0.4) is 0 Å². The second-order valence-electron chi connectivity index (χ2n) is 14.0. The maximum Gasteiger partial charge on any atom is 0.469 e. The highest BCUT2D eigenvalue weighted by atomic mass is 31.2. The predicted octanol–water partition coefficient (Wildman–Crippen LogP) is 11.2. The number of allylic oxidation sites excluding steroid dienone is 5. The smallest absolute Gasteiger partial charge is 0.462 e. The van der Waals surface area contributed by atoms with E-state index in [1.165, 1.54) is 70.6 Å². The summed E-state index contributed by atoms with van der Waals surface area (Å²) in [6.07, 6.45) is 40.3. The number of phosphoric acid groups is 1. The van der Waals surface area contributed by atoms with Crippen LogP contribution in [-0.4, -0.2) is 53.3 Å². The first-order valence-corrected chi connectivity index (χ1v) is 21.9. The Labute approximate surface area is 310 Å². The monoisotopic (exact) mass is 740 g/mol. The molecule has 0 radical (unpaired) electrons. The molecule has 296 valence electrons. The van der Waals surface area contributed by atoms with Crippen molar-refractivity contribution in [3.8, 4) is 0 Å². The lowest BCUT2D eigenvalue weighted by Gasteiger charge is -2.18. The van der Waals surface area contributed by atoms with Gasteiger partial charge in [-0.1, -0.05) is 134 Å². The van der Waals surface area contributed by atoms with Gasteiger partial charge in [0, 0.05) is 12.8 Å². The molecule has 0 saturated carbocycles. The van der Waals surface area contributed by atoms with Gasteiger partial charge in [0.1, 0.15) is 6.61 Å². The molecule has 10 heteroatoms. The van der Waals surface area contributed by atoms with Gasteiger partial charge in [0.15, 0.2) is 6.10 Å². The SMILES string of the molecule is CCCCC/C=C\C/C=C\CCCCCCCCCC(=O)O[C@H](COC(=O)CCCCCCC/C=C\CC1OC1CCCCC)COP(=O)(O)O. The van der Waals surface area contributed by atoms with Crippen molar-refractivity contribution in [2.75, 3.05) is 13.2 Å². The van der Waals surface area contributed by atoms with E-state index in [1.54, 1.807) is 0 Å². The normalized spacial score (nSPS) is 16.8. The number of hydrogen-bond acceptors (Lipinski definition) is 7. The highest BCUT2D eigenvalue weighted by Crippen LogP contribution is 2.36. The van der Waals surface area contributed by atoms with Gasteiger partial charge in [-0.2, -0.15) is 0 Å². The minimum atomic E-state index is -4.76. The van der Waals surface area contributed by atoms with Crippen molar-refractivity contribution in [2.24, 2.45) is 0 Å². The predicted molar refractivity (Wildman–Crippen MR) is 206 cm³/mol. The van der Waals surface area contributed by atoms with E-state index in [0.29, 0.717) is 25.0 Å². The lowest BCUT2D eigenvalue weighted by atomic mass is 10.1. The first-order valence-electron chi connectivity index (χ1n) is 20.4. The van der Waals surface area contributed by atoms with Crippen LogP contribution in [-0.2, 0) is 32.9 Å².